The Hall–Kier alpha value is -2.08. The fourth-order valence-electron chi connectivity index (χ4n) is 1.37. The van der Waals surface area contributed by atoms with E-state index in [0.717, 1.165) is 0 Å². The van der Waals surface area contributed by atoms with Gasteiger partial charge in [0, 0.05) is 0 Å². The van der Waals surface area contributed by atoms with Gasteiger partial charge in [-0.05, 0) is 17.7 Å². The molecule has 18 heavy (non-hydrogen) atoms. The zero-order valence-corrected chi connectivity index (χ0v) is 10.3. The highest BCUT2D eigenvalue weighted by Crippen LogP contribution is 2.23. The van der Waals surface area contributed by atoms with Crippen molar-refractivity contribution in [1.82, 2.24) is 15.2 Å². The van der Waals surface area contributed by atoms with Gasteiger partial charge in [0.2, 0.25) is 11.9 Å². The lowest BCUT2D eigenvalue weighted by atomic mass is 10.1. The van der Waals surface area contributed by atoms with Crippen molar-refractivity contribution in [3.63, 3.8) is 0 Å². The summed E-state index contributed by atoms with van der Waals surface area (Å²) < 4.78 is 5.03. The maximum absolute atomic E-state index is 11.8. The van der Waals surface area contributed by atoms with Crippen LogP contribution in [0.5, 0.6) is 5.75 Å². The van der Waals surface area contributed by atoms with Gasteiger partial charge in [-0.3, -0.25) is 10.1 Å². The Bertz CT molecular complexity index is 512. The molecule has 2 aromatic rings. The van der Waals surface area contributed by atoms with Crippen molar-refractivity contribution in [1.29, 1.82) is 0 Å². The van der Waals surface area contributed by atoms with Crippen LogP contribution in [0.3, 0.4) is 0 Å². The quantitative estimate of drug-likeness (QED) is 0.826. The van der Waals surface area contributed by atoms with Gasteiger partial charge in [-0.1, -0.05) is 12.1 Å². The first-order valence-corrected chi connectivity index (χ1v) is 5.58. The minimum atomic E-state index is -0.805. The molecule has 1 aromatic carbocycles. The molecule has 0 aliphatic heterocycles. The summed E-state index contributed by atoms with van der Waals surface area (Å²) in [5.41, 5.74) is 0.675. The highest BCUT2D eigenvalue weighted by Gasteiger charge is 2.18. The van der Waals surface area contributed by atoms with Gasteiger partial charge in [0.1, 0.15) is 17.5 Å². The maximum atomic E-state index is 11.8. The number of aromatic amines is 1. The number of alkyl halides is 1. The van der Waals surface area contributed by atoms with Crippen LogP contribution in [0.25, 0.3) is 0 Å². The summed E-state index contributed by atoms with van der Waals surface area (Å²) >= 11 is 6.05. The molecule has 0 saturated carbocycles. The molecular formula is C11H11ClN4O2. The Morgan fingerprint density at radius 2 is 2.17 bits per heavy atom. The summed E-state index contributed by atoms with van der Waals surface area (Å²) in [7, 11) is 1.57. The molecule has 0 aliphatic rings. The first kappa shape index (κ1) is 12.4. The Morgan fingerprint density at radius 3 is 2.72 bits per heavy atom. The number of hydrogen-bond acceptors (Lipinski definition) is 4. The number of nitrogens with zero attached hydrogens (tertiary/aromatic N) is 2. The monoisotopic (exact) mass is 266 g/mol. The van der Waals surface area contributed by atoms with Crippen molar-refractivity contribution in [3.05, 3.63) is 36.2 Å². The number of H-pyrrole nitrogens is 1. The Kier molecular flexibility index (Phi) is 3.78. The Balaban J connectivity index is 2.05. The minimum absolute atomic E-state index is 0.263. The fraction of sp³-hybridized carbons (Fsp3) is 0.182. The van der Waals surface area contributed by atoms with Crippen LogP contribution in [-0.4, -0.2) is 28.2 Å². The molecule has 6 nitrogen and oxygen atoms in total. The second-order valence-corrected chi connectivity index (χ2v) is 3.90. The maximum Gasteiger partial charge on any atom is 0.249 e. The van der Waals surface area contributed by atoms with Gasteiger partial charge in [-0.2, -0.15) is 10.1 Å². The van der Waals surface area contributed by atoms with Crippen molar-refractivity contribution < 1.29 is 9.53 Å². The molecule has 0 saturated heterocycles. The number of rotatable bonds is 4. The van der Waals surface area contributed by atoms with Crippen molar-refractivity contribution in [3.8, 4) is 5.75 Å². The number of nitrogens with one attached hydrogen (secondary N) is 2. The van der Waals surface area contributed by atoms with E-state index >= 15 is 0 Å². The van der Waals surface area contributed by atoms with E-state index in [9.17, 15) is 4.79 Å². The summed E-state index contributed by atoms with van der Waals surface area (Å²) in [6.07, 6.45) is 1.30. The van der Waals surface area contributed by atoms with Gasteiger partial charge >= 0.3 is 0 Å². The van der Waals surface area contributed by atoms with E-state index in [1.165, 1.54) is 6.33 Å². The predicted octanol–water partition coefficient (Wildman–Crippen LogP) is 1.73. The summed E-state index contributed by atoms with van der Waals surface area (Å²) in [5.74, 6) is 0.594. The average molecular weight is 267 g/mol. The molecule has 0 spiro atoms. The van der Waals surface area contributed by atoms with E-state index in [0.29, 0.717) is 11.3 Å². The van der Waals surface area contributed by atoms with Crippen molar-refractivity contribution >= 4 is 23.5 Å². The highest BCUT2D eigenvalue weighted by molar-refractivity contribution is 6.32. The lowest BCUT2D eigenvalue weighted by molar-refractivity contribution is -0.116. The molecule has 1 heterocycles. The number of aromatic nitrogens is 3. The lowest BCUT2D eigenvalue weighted by Gasteiger charge is -2.09. The summed E-state index contributed by atoms with van der Waals surface area (Å²) in [5, 5.41) is 7.85. The third-order valence-corrected chi connectivity index (χ3v) is 2.75. The number of ether oxygens (including phenoxy) is 1. The van der Waals surface area contributed by atoms with Gasteiger partial charge in [0.05, 0.1) is 7.11 Å². The number of anilines is 1. The van der Waals surface area contributed by atoms with Crippen LogP contribution in [0.4, 0.5) is 5.95 Å². The van der Waals surface area contributed by atoms with Crippen LogP contribution in [0.2, 0.25) is 0 Å². The average Bonchev–Trinajstić information content (AvgIpc) is 2.91. The minimum Gasteiger partial charge on any atom is -0.497 e. The van der Waals surface area contributed by atoms with Crippen molar-refractivity contribution in [2.75, 3.05) is 12.4 Å². The molecule has 0 radical (unpaired) electrons. The molecule has 1 atom stereocenters. The molecule has 2 rings (SSSR count). The third-order valence-electron chi connectivity index (χ3n) is 2.30. The van der Waals surface area contributed by atoms with Crippen molar-refractivity contribution in [2.24, 2.45) is 0 Å². The lowest BCUT2D eigenvalue weighted by Crippen LogP contribution is -2.18. The molecule has 1 amide bonds. The summed E-state index contributed by atoms with van der Waals surface area (Å²) in [4.78, 5) is 15.6. The molecular weight excluding hydrogens is 256 g/mol. The zero-order valence-electron chi connectivity index (χ0n) is 9.55. The van der Waals surface area contributed by atoms with Crippen LogP contribution in [0.15, 0.2) is 30.6 Å². The van der Waals surface area contributed by atoms with Crippen LogP contribution in [-0.2, 0) is 4.79 Å². The number of methoxy groups -OCH3 is 1. The molecule has 0 fully saturated rings. The second-order valence-electron chi connectivity index (χ2n) is 3.46. The van der Waals surface area contributed by atoms with Gasteiger partial charge < -0.3 is 4.74 Å². The molecule has 94 valence electrons. The van der Waals surface area contributed by atoms with E-state index < -0.39 is 5.38 Å². The molecule has 2 N–H and O–H groups in total. The largest absolute Gasteiger partial charge is 0.497 e. The van der Waals surface area contributed by atoms with E-state index in [1.807, 2.05) is 0 Å². The number of benzene rings is 1. The SMILES string of the molecule is COc1ccc(C(Cl)C(=O)Nc2ncn[nH]2)cc1. The van der Waals surface area contributed by atoms with Gasteiger partial charge in [0.25, 0.3) is 0 Å². The predicted molar refractivity (Wildman–Crippen MR) is 66.6 cm³/mol. The molecule has 0 aliphatic carbocycles. The topological polar surface area (TPSA) is 79.9 Å². The van der Waals surface area contributed by atoms with Crippen LogP contribution < -0.4 is 10.1 Å². The van der Waals surface area contributed by atoms with Gasteiger partial charge in [-0.15, -0.1) is 11.6 Å². The standard InChI is InChI=1S/C11H11ClN4O2/c1-18-8-4-2-7(3-5-8)9(12)10(17)15-11-13-6-14-16-11/h2-6,9H,1H3,(H2,13,14,15,16,17). The van der Waals surface area contributed by atoms with E-state index in [2.05, 4.69) is 20.5 Å². The van der Waals surface area contributed by atoms with Crippen LogP contribution >= 0.6 is 11.6 Å². The number of carbonyl (C=O) groups is 1. The number of amides is 1. The second kappa shape index (κ2) is 5.50. The van der Waals surface area contributed by atoms with Crippen LogP contribution in [0, 0.1) is 0 Å². The zero-order chi connectivity index (χ0) is 13.0. The first-order chi connectivity index (χ1) is 8.70. The van der Waals surface area contributed by atoms with Crippen molar-refractivity contribution in [2.45, 2.75) is 5.38 Å². The van der Waals surface area contributed by atoms with E-state index in [-0.39, 0.29) is 11.9 Å². The van der Waals surface area contributed by atoms with E-state index in [4.69, 9.17) is 16.3 Å². The third kappa shape index (κ3) is 2.78. The number of hydrogen-bond donors (Lipinski definition) is 2. The van der Waals surface area contributed by atoms with Gasteiger partial charge in [-0.25, -0.2) is 5.10 Å². The first-order valence-electron chi connectivity index (χ1n) is 5.15. The van der Waals surface area contributed by atoms with E-state index in [1.54, 1.807) is 31.4 Å². The molecule has 1 aromatic heterocycles. The molecule has 0 bridgehead atoms. The smallest absolute Gasteiger partial charge is 0.249 e. The van der Waals surface area contributed by atoms with Crippen LogP contribution in [0.1, 0.15) is 10.9 Å². The van der Waals surface area contributed by atoms with Gasteiger partial charge in [0.15, 0.2) is 0 Å². The number of halogens is 1. The fourth-order valence-corrected chi connectivity index (χ4v) is 1.57. The normalized spacial score (nSPS) is 11.9. The Morgan fingerprint density at radius 1 is 1.44 bits per heavy atom. The molecule has 1 unspecified atom stereocenters. The summed E-state index contributed by atoms with van der Waals surface area (Å²) in [6.45, 7) is 0. The highest BCUT2D eigenvalue weighted by atomic mass is 35.5. The Labute approximate surface area is 108 Å². The molecule has 7 heteroatoms. The number of carbonyl (C=O) groups excluding carboxylic acids is 1. The summed E-state index contributed by atoms with van der Waals surface area (Å²) in [6, 6.07) is 6.95.